The molecule has 0 fully saturated rings. The van der Waals surface area contributed by atoms with Crippen molar-refractivity contribution in [3.63, 3.8) is 0 Å². The van der Waals surface area contributed by atoms with Gasteiger partial charge in [-0.1, -0.05) is 31.2 Å². The van der Waals surface area contributed by atoms with Crippen molar-refractivity contribution in [2.45, 2.75) is 38.3 Å². The van der Waals surface area contributed by atoms with Crippen LogP contribution in [0, 0.1) is 0 Å². The Balaban J connectivity index is 1.94. The predicted molar refractivity (Wildman–Crippen MR) is 83.9 cm³/mol. The molecule has 3 heteroatoms. The zero-order valence-corrected chi connectivity index (χ0v) is 12.8. The van der Waals surface area contributed by atoms with Crippen molar-refractivity contribution in [2.75, 3.05) is 25.2 Å². The molecule has 1 heterocycles. The van der Waals surface area contributed by atoms with Crippen molar-refractivity contribution in [3.8, 4) is 0 Å². The number of rotatable bonds is 7. The summed E-state index contributed by atoms with van der Waals surface area (Å²) in [4.78, 5) is 0. The molecule has 1 aliphatic heterocycles. The minimum absolute atomic E-state index is 0.268. The van der Waals surface area contributed by atoms with Gasteiger partial charge in [0.05, 0.1) is 12.7 Å². The summed E-state index contributed by atoms with van der Waals surface area (Å²) in [6.07, 6.45) is 3.65. The van der Waals surface area contributed by atoms with Gasteiger partial charge in [-0.05, 0) is 43.2 Å². The van der Waals surface area contributed by atoms with Gasteiger partial charge in [0.2, 0.25) is 0 Å². The number of hydrogen-bond acceptors (Lipinski definition) is 3. The second-order valence-corrected chi connectivity index (χ2v) is 6.25. The molecular formula is C16H25NOS. The van der Waals surface area contributed by atoms with E-state index in [4.69, 9.17) is 4.74 Å². The Labute approximate surface area is 121 Å². The second kappa shape index (κ2) is 7.93. The zero-order chi connectivity index (χ0) is 13.5. The number of thioether (sulfide) groups is 1. The summed E-state index contributed by atoms with van der Waals surface area (Å²) in [6, 6.07) is 9.26. The van der Waals surface area contributed by atoms with E-state index < -0.39 is 0 Å². The van der Waals surface area contributed by atoms with Crippen LogP contribution in [0.15, 0.2) is 24.3 Å². The van der Waals surface area contributed by atoms with Gasteiger partial charge in [0.15, 0.2) is 0 Å². The topological polar surface area (TPSA) is 21.3 Å². The van der Waals surface area contributed by atoms with E-state index >= 15 is 0 Å². The van der Waals surface area contributed by atoms with Gasteiger partial charge in [0, 0.05) is 11.8 Å². The highest BCUT2D eigenvalue weighted by molar-refractivity contribution is 7.99. The maximum atomic E-state index is 5.99. The third kappa shape index (κ3) is 4.23. The van der Waals surface area contributed by atoms with E-state index in [1.807, 2.05) is 11.8 Å². The summed E-state index contributed by atoms with van der Waals surface area (Å²) < 4.78 is 5.99. The summed E-state index contributed by atoms with van der Waals surface area (Å²) in [5.41, 5.74) is 2.87. The van der Waals surface area contributed by atoms with Crippen LogP contribution in [0.25, 0.3) is 0 Å². The average Bonchev–Trinajstić information content (AvgIpc) is 2.46. The first-order valence-electron chi connectivity index (χ1n) is 7.29. The Bertz CT molecular complexity index is 383. The van der Waals surface area contributed by atoms with Crippen LogP contribution in [0.4, 0.5) is 0 Å². The molecule has 2 nitrogen and oxygen atoms in total. The van der Waals surface area contributed by atoms with E-state index in [0.717, 1.165) is 19.4 Å². The number of nitrogens with one attached hydrogen (secondary N) is 1. The maximum absolute atomic E-state index is 5.99. The van der Waals surface area contributed by atoms with Crippen molar-refractivity contribution >= 4 is 11.8 Å². The summed E-state index contributed by atoms with van der Waals surface area (Å²) >= 11 is 2.04. The Morgan fingerprint density at radius 1 is 1.42 bits per heavy atom. The highest BCUT2D eigenvalue weighted by Gasteiger charge is 2.23. The van der Waals surface area contributed by atoms with Crippen LogP contribution in [-0.4, -0.2) is 31.2 Å². The first-order chi connectivity index (χ1) is 9.35. The molecule has 0 radical (unpaired) electrons. The molecule has 0 saturated carbocycles. The fraction of sp³-hybridized carbons (Fsp3) is 0.625. The van der Waals surface area contributed by atoms with Crippen LogP contribution in [0.1, 0.15) is 37.0 Å². The Morgan fingerprint density at radius 2 is 2.26 bits per heavy atom. The quantitative estimate of drug-likeness (QED) is 0.773. The molecule has 106 valence electrons. The normalized spacial score (nSPS) is 20.0. The van der Waals surface area contributed by atoms with Crippen LogP contribution in [-0.2, 0) is 11.2 Å². The van der Waals surface area contributed by atoms with Crippen molar-refractivity contribution in [3.05, 3.63) is 35.4 Å². The fourth-order valence-corrected chi connectivity index (χ4v) is 3.61. The largest absolute Gasteiger partial charge is 0.373 e. The molecule has 0 bridgehead atoms. The smallest absolute Gasteiger partial charge is 0.0842 e. The Hall–Kier alpha value is -0.510. The summed E-state index contributed by atoms with van der Waals surface area (Å²) in [5, 5.41) is 3.44. The molecule has 0 amide bonds. The molecule has 1 aromatic carbocycles. The van der Waals surface area contributed by atoms with Crippen LogP contribution >= 0.6 is 11.8 Å². The van der Waals surface area contributed by atoms with Crippen molar-refractivity contribution in [1.29, 1.82) is 0 Å². The average molecular weight is 279 g/mol. The lowest BCUT2D eigenvalue weighted by Crippen LogP contribution is -2.32. The lowest BCUT2D eigenvalue weighted by molar-refractivity contribution is 0.0315. The fourth-order valence-electron chi connectivity index (χ4n) is 2.57. The standard InChI is InChI=1S/C16H25NOS/c1-3-10-19-12-14(17-2)11-16-15-7-5-4-6-13(15)8-9-18-16/h4-7,14,16-17H,3,8-12H2,1-2H3. The van der Waals surface area contributed by atoms with Gasteiger partial charge in [0.25, 0.3) is 0 Å². The minimum atomic E-state index is 0.268. The van der Waals surface area contributed by atoms with Crippen LogP contribution in [0.2, 0.25) is 0 Å². The molecule has 0 aliphatic carbocycles. The molecule has 1 N–H and O–H groups in total. The van der Waals surface area contributed by atoms with E-state index in [9.17, 15) is 0 Å². The summed E-state index contributed by atoms with van der Waals surface area (Å²) in [6.45, 7) is 3.10. The van der Waals surface area contributed by atoms with Gasteiger partial charge in [-0.2, -0.15) is 11.8 Å². The Morgan fingerprint density at radius 3 is 3.05 bits per heavy atom. The number of benzene rings is 1. The van der Waals surface area contributed by atoms with Crippen molar-refractivity contribution in [1.82, 2.24) is 5.32 Å². The number of hydrogen-bond donors (Lipinski definition) is 1. The van der Waals surface area contributed by atoms with E-state index in [0.29, 0.717) is 6.04 Å². The van der Waals surface area contributed by atoms with E-state index in [1.165, 1.54) is 29.1 Å². The Kier molecular flexibility index (Phi) is 6.21. The van der Waals surface area contributed by atoms with Crippen LogP contribution in [0.5, 0.6) is 0 Å². The van der Waals surface area contributed by atoms with Gasteiger partial charge >= 0.3 is 0 Å². The third-order valence-corrected chi connectivity index (χ3v) is 5.00. The van der Waals surface area contributed by atoms with Crippen LogP contribution in [0.3, 0.4) is 0 Å². The van der Waals surface area contributed by atoms with Gasteiger partial charge in [-0.3, -0.25) is 0 Å². The zero-order valence-electron chi connectivity index (χ0n) is 12.0. The highest BCUT2D eigenvalue weighted by atomic mass is 32.2. The maximum Gasteiger partial charge on any atom is 0.0842 e. The number of fused-ring (bicyclic) bond motifs is 1. The molecule has 19 heavy (non-hydrogen) atoms. The van der Waals surface area contributed by atoms with Crippen LogP contribution < -0.4 is 5.32 Å². The van der Waals surface area contributed by atoms with E-state index in [-0.39, 0.29) is 6.10 Å². The predicted octanol–water partition coefficient (Wildman–Crippen LogP) is 3.42. The van der Waals surface area contributed by atoms with Crippen molar-refractivity contribution in [2.24, 2.45) is 0 Å². The van der Waals surface area contributed by atoms with Gasteiger partial charge in [-0.15, -0.1) is 0 Å². The molecule has 1 aromatic rings. The van der Waals surface area contributed by atoms with E-state index in [1.54, 1.807) is 0 Å². The molecule has 0 aromatic heterocycles. The molecule has 0 spiro atoms. The van der Waals surface area contributed by atoms with Crippen molar-refractivity contribution < 1.29 is 4.74 Å². The van der Waals surface area contributed by atoms with Gasteiger partial charge in [0.1, 0.15) is 0 Å². The summed E-state index contributed by atoms with van der Waals surface area (Å²) in [5.74, 6) is 2.42. The first-order valence-corrected chi connectivity index (χ1v) is 8.45. The summed E-state index contributed by atoms with van der Waals surface area (Å²) in [7, 11) is 2.06. The second-order valence-electron chi connectivity index (χ2n) is 5.10. The molecular weight excluding hydrogens is 254 g/mol. The van der Waals surface area contributed by atoms with E-state index in [2.05, 4.69) is 43.6 Å². The minimum Gasteiger partial charge on any atom is -0.373 e. The molecule has 2 rings (SSSR count). The lowest BCUT2D eigenvalue weighted by atomic mass is 9.94. The molecule has 2 unspecified atom stereocenters. The molecule has 0 saturated heterocycles. The third-order valence-electron chi connectivity index (χ3n) is 3.67. The highest BCUT2D eigenvalue weighted by Crippen LogP contribution is 2.30. The number of ether oxygens (including phenoxy) is 1. The SMILES string of the molecule is CCCSCC(CC1OCCc2ccccc21)NC. The van der Waals surface area contributed by atoms with Gasteiger partial charge < -0.3 is 10.1 Å². The lowest BCUT2D eigenvalue weighted by Gasteiger charge is -2.29. The first kappa shape index (κ1) is 14.9. The molecule has 1 aliphatic rings. The molecule has 2 atom stereocenters. The monoisotopic (exact) mass is 279 g/mol. The van der Waals surface area contributed by atoms with Gasteiger partial charge in [-0.25, -0.2) is 0 Å².